The monoisotopic (exact) mass is 234 g/mol. The number of benzene rings is 1. The summed E-state index contributed by atoms with van der Waals surface area (Å²) >= 11 is 0. The number of nitrogens with one attached hydrogen (secondary N) is 1. The normalized spacial score (nSPS) is 11.1. The predicted molar refractivity (Wildman–Crippen MR) is 64.4 cm³/mol. The van der Waals surface area contributed by atoms with Crippen LogP contribution in [-0.4, -0.2) is 22.6 Å². The van der Waals surface area contributed by atoms with Gasteiger partial charge < -0.3 is 10.5 Å². The minimum Gasteiger partial charge on any atom is -0.410 e. The summed E-state index contributed by atoms with van der Waals surface area (Å²) in [6, 6.07) is 5.48. The molecule has 0 unspecified atom stereocenters. The summed E-state index contributed by atoms with van der Waals surface area (Å²) < 4.78 is 0. The molecule has 0 radical (unpaired) electrons. The topological polar surface area (TPSA) is 78.8 Å². The smallest absolute Gasteiger partial charge is 0.281 e. The second-order valence-electron chi connectivity index (χ2n) is 3.78. The molecule has 0 saturated carbocycles. The van der Waals surface area contributed by atoms with Crippen LogP contribution in [0.2, 0.25) is 0 Å². The molecule has 0 bridgehead atoms. The molecular formula is C12H14N2O3. The molecule has 0 aliphatic heterocycles. The maximum absolute atomic E-state index is 11.6. The minimum absolute atomic E-state index is 0.509. The van der Waals surface area contributed by atoms with Crippen molar-refractivity contribution >= 4 is 23.1 Å². The van der Waals surface area contributed by atoms with E-state index in [1.807, 2.05) is 26.0 Å². The Kier molecular flexibility index (Phi) is 3.98. The molecule has 0 saturated heterocycles. The number of oxime groups is 1. The van der Waals surface area contributed by atoms with Crippen molar-refractivity contribution in [2.75, 3.05) is 5.32 Å². The molecule has 0 aliphatic carbocycles. The van der Waals surface area contributed by atoms with Crippen LogP contribution in [0.25, 0.3) is 0 Å². The Morgan fingerprint density at radius 3 is 2.41 bits per heavy atom. The van der Waals surface area contributed by atoms with Gasteiger partial charge in [0.05, 0.1) is 0 Å². The van der Waals surface area contributed by atoms with Crippen LogP contribution < -0.4 is 5.32 Å². The first kappa shape index (κ1) is 12.9. The van der Waals surface area contributed by atoms with Gasteiger partial charge in [0.2, 0.25) is 5.71 Å². The molecule has 1 aromatic rings. The summed E-state index contributed by atoms with van der Waals surface area (Å²) in [5.41, 5.74) is 2.02. The van der Waals surface area contributed by atoms with E-state index in [1.54, 1.807) is 6.07 Å². The fraction of sp³-hybridized carbons (Fsp3) is 0.250. The number of hydrogen-bond acceptors (Lipinski definition) is 4. The van der Waals surface area contributed by atoms with Gasteiger partial charge in [-0.15, -0.1) is 0 Å². The van der Waals surface area contributed by atoms with E-state index < -0.39 is 17.4 Å². The maximum atomic E-state index is 11.6. The Hall–Kier alpha value is -2.17. The van der Waals surface area contributed by atoms with E-state index in [2.05, 4.69) is 10.5 Å². The second kappa shape index (κ2) is 5.25. The fourth-order valence-electron chi connectivity index (χ4n) is 1.41. The van der Waals surface area contributed by atoms with Gasteiger partial charge in [-0.2, -0.15) is 0 Å². The van der Waals surface area contributed by atoms with Gasteiger partial charge in [0, 0.05) is 12.6 Å². The molecular weight excluding hydrogens is 220 g/mol. The van der Waals surface area contributed by atoms with E-state index in [9.17, 15) is 9.59 Å². The van der Waals surface area contributed by atoms with E-state index in [4.69, 9.17) is 5.21 Å². The number of ketones is 1. The number of hydrogen-bond donors (Lipinski definition) is 2. The molecule has 0 atom stereocenters. The third kappa shape index (κ3) is 3.14. The first-order chi connectivity index (χ1) is 7.95. The van der Waals surface area contributed by atoms with E-state index >= 15 is 0 Å². The van der Waals surface area contributed by atoms with Crippen LogP contribution in [0.15, 0.2) is 23.4 Å². The van der Waals surface area contributed by atoms with Gasteiger partial charge in [-0.05, 0) is 25.5 Å². The molecule has 1 amide bonds. The Balaban J connectivity index is 2.92. The molecule has 5 heteroatoms. The third-order valence-corrected chi connectivity index (χ3v) is 2.28. The maximum Gasteiger partial charge on any atom is 0.281 e. The van der Waals surface area contributed by atoms with Gasteiger partial charge in [0.1, 0.15) is 0 Å². The third-order valence-electron chi connectivity index (χ3n) is 2.28. The van der Waals surface area contributed by atoms with E-state index in [0.29, 0.717) is 5.69 Å². The molecule has 1 rings (SSSR count). The summed E-state index contributed by atoms with van der Waals surface area (Å²) in [6.45, 7) is 4.94. The average Bonchev–Trinajstić information content (AvgIpc) is 2.22. The quantitative estimate of drug-likeness (QED) is 0.361. The van der Waals surface area contributed by atoms with Crippen molar-refractivity contribution in [2.45, 2.75) is 20.8 Å². The first-order valence-electron chi connectivity index (χ1n) is 5.07. The van der Waals surface area contributed by atoms with Crippen LogP contribution in [-0.2, 0) is 9.59 Å². The summed E-state index contributed by atoms with van der Waals surface area (Å²) in [4.78, 5) is 22.6. The van der Waals surface area contributed by atoms with Gasteiger partial charge in [-0.3, -0.25) is 9.59 Å². The molecule has 90 valence electrons. The molecule has 0 aliphatic rings. The minimum atomic E-state index is -0.716. The number of nitrogens with zero attached hydrogens (tertiary/aromatic N) is 1. The van der Waals surface area contributed by atoms with Crippen LogP contribution in [0, 0.1) is 13.8 Å². The van der Waals surface area contributed by atoms with Crippen LogP contribution in [0.4, 0.5) is 5.69 Å². The van der Waals surface area contributed by atoms with E-state index in [1.165, 1.54) is 0 Å². The fourth-order valence-corrected chi connectivity index (χ4v) is 1.41. The number of amides is 1. The lowest BCUT2D eigenvalue weighted by atomic mass is 10.1. The standard InChI is InChI=1S/C12H14N2O3/c1-7-4-5-10(8(2)6-7)13-12(16)11(14-17)9(3)15/h4-6,17H,1-3H3,(H,13,16)/b14-11+. The Morgan fingerprint density at radius 1 is 1.29 bits per heavy atom. The Labute approximate surface area is 99.1 Å². The van der Waals surface area contributed by atoms with Crippen molar-refractivity contribution in [1.82, 2.24) is 0 Å². The van der Waals surface area contributed by atoms with Crippen molar-refractivity contribution < 1.29 is 14.8 Å². The van der Waals surface area contributed by atoms with Crippen LogP contribution in [0.5, 0.6) is 0 Å². The summed E-state index contributed by atoms with van der Waals surface area (Å²) in [5.74, 6) is -1.30. The van der Waals surface area contributed by atoms with Crippen molar-refractivity contribution in [3.8, 4) is 0 Å². The van der Waals surface area contributed by atoms with Crippen molar-refractivity contribution in [3.63, 3.8) is 0 Å². The summed E-state index contributed by atoms with van der Waals surface area (Å²) in [7, 11) is 0. The molecule has 0 aromatic heterocycles. The highest BCUT2D eigenvalue weighted by atomic mass is 16.4. The van der Waals surface area contributed by atoms with Crippen LogP contribution in [0.3, 0.4) is 0 Å². The number of carbonyl (C=O) groups excluding carboxylic acids is 2. The van der Waals surface area contributed by atoms with Crippen molar-refractivity contribution in [1.29, 1.82) is 0 Å². The Bertz CT molecular complexity index is 493. The number of Topliss-reactive ketones (excluding diaryl/α,β-unsaturated/α-hetero) is 1. The van der Waals surface area contributed by atoms with Gasteiger partial charge in [-0.25, -0.2) is 0 Å². The SMILES string of the molecule is CC(=O)/C(=N\O)C(=O)Nc1ccc(C)cc1C. The molecule has 1 aromatic carbocycles. The number of aryl methyl sites for hydroxylation is 2. The molecule has 17 heavy (non-hydrogen) atoms. The Morgan fingerprint density at radius 2 is 1.94 bits per heavy atom. The van der Waals surface area contributed by atoms with Gasteiger partial charge >= 0.3 is 0 Å². The molecule has 0 fully saturated rings. The van der Waals surface area contributed by atoms with Gasteiger partial charge in [0.25, 0.3) is 5.91 Å². The van der Waals surface area contributed by atoms with Crippen LogP contribution in [0.1, 0.15) is 18.1 Å². The highest BCUT2D eigenvalue weighted by molar-refractivity contribution is 6.67. The molecule has 0 heterocycles. The number of carbonyl (C=O) groups is 2. The number of rotatable bonds is 3. The van der Waals surface area contributed by atoms with E-state index in [0.717, 1.165) is 18.1 Å². The zero-order chi connectivity index (χ0) is 13.0. The van der Waals surface area contributed by atoms with Gasteiger partial charge in [-0.1, -0.05) is 22.9 Å². The highest BCUT2D eigenvalue weighted by Crippen LogP contribution is 2.15. The average molecular weight is 234 g/mol. The van der Waals surface area contributed by atoms with E-state index in [-0.39, 0.29) is 0 Å². The molecule has 0 spiro atoms. The largest absolute Gasteiger partial charge is 0.410 e. The lowest BCUT2D eigenvalue weighted by Gasteiger charge is -2.08. The highest BCUT2D eigenvalue weighted by Gasteiger charge is 2.17. The van der Waals surface area contributed by atoms with Gasteiger partial charge in [0.15, 0.2) is 5.78 Å². The predicted octanol–water partition coefficient (Wildman–Crippen LogP) is 1.66. The van der Waals surface area contributed by atoms with Crippen LogP contribution >= 0.6 is 0 Å². The second-order valence-corrected chi connectivity index (χ2v) is 3.78. The summed E-state index contributed by atoms with van der Waals surface area (Å²) in [5, 5.41) is 13.8. The molecule has 2 N–H and O–H groups in total. The lowest BCUT2D eigenvalue weighted by Crippen LogP contribution is -2.28. The van der Waals surface area contributed by atoms with Crippen molar-refractivity contribution in [2.24, 2.45) is 5.16 Å². The first-order valence-corrected chi connectivity index (χ1v) is 5.07. The molecule has 5 nitrogen and oxygen atoms in total. The summed E-state index contributed by atoms with van der Waals surface area (Å²) in [6.07, 6.45) is 0. The lowest BCUT2D eigenvalue weighted by molar-refractivity contribution is -0.114. The zero-order valence-electron chi connectivity index (χ0n) is 9.94. The van der Waals surface area contributed by atoms with Crippen molar-refractivity contribution in [3.05, 3.63) is 29.3 Å². The number of anilines is 1. The zero-order valence-corrected chi connectivity index (χ0v) is 9.94.